The molecule has 6 nitrogen and oxygen atoms in total. The minimum absolute atomic E-state index is 0.123. The highest BCUT2D eigenvalue weighted by Crippen LogP contribution is 2.20. The summed E-state index contributed by atoms with van der Waals surface area (Å²) in [5, 5.41) is 2.94. The molecule has 0 radical (unpaired) electrons. The number of benzene rings is 1. The van der Waals surface area contributed by atoms with Crippen molar-refractivity contribution >= 4 is 16.1 Å². The van der Waals surface area contributed by atoms with Crippen LogP contribution in [0.4, 0.5) is 9.18 Å². The van der Waals surface area contributed by atoms with Crippen molar-refractivity contribution in [1.29, 1.82) is 0 Å². The van der Waals surface area contributed by atoms with E-state index in [1.807, 2.05) is 13.8 Å². The summed E-state index contributed by atoms with van der Waals surface area (Å²) in [6.07, 6.45) is 1.70. The van der Waals surface area contributed by atoms with Crippen LogP contribution in [0.1, 0.15) is 26.7 Å². The third-order valence-corrected chi connectivity index (χ3v) is 6.23. The van der Waals surface area contributed by atoms with Crippen molar-refractivity contribution < 1.29 is 17.6 Å². The Morgan fingerprint density at radius 1 is 1.17 bits per heavy atom. The van der Waals surface area contributed by atoms with Gasteiger partial charge in [-0.1, -0.05) is 26.0 Å². The molecule has 1 aromatic rings. The van der Waals surface area contributed by atoms with Gasteiger partial charge >= 0.3 is 6.03 Å². The van der Waals surface area contributed by atoms with E-state index in [1.54, 1.807) is 4.90 Å². The van der Waals surface area contributed by atoms with Gasteiger partial charge in [-0.25, -0.2) is 17.6 Å². The molecule has 0 saturated carbocycles. The van der Waals surface area contributed by atoms with Gasteiger partial charge in [0.1, 0.15) is 10.7 Å². The molecule has 0 bridgehead atoms. The molecule has 1 fully saturated rings. The lowest BCUT2D eigenvalue weighted by Gasteiger charge is -2.34. The van der Waals surface area contributed by atoms with Gasteiger partial charge in [-0.3, -0.25) is 0 Å². The number of halogens is 1. The number of amides is 2. The van der Waals surface area contributed by atoms with Crippen LogP contribution in [-0.4, -0.2) is 55.9 Å². The van der Waals surface area contributed by atoms with Crippen LogP contribution in [0.5, 0.6) is 0 Å². The maximum atomic E-state index is 13.8. The quantitative estimate of drug-likeness (QED) is 0.877. The van der Waals surface area contributed by atoms with E-state index in [9.17, 15) is 17.6 Å². The lowest BCUT2D eigenvalue weighted by atomic mass is 10.2. The first-order chi connectivity index (χ1) is 11.4. The molecule has 2 amide bonds. The normalized spacial score (nSPS) is 16.4. The number of nitrogens with one attached hydrogen (secondary N) is 1. The maximum absolute atomic E-state index is 13.8. The summed E-state index contributed by atoms with van der Waals surface area (Å²) in [7, 11) is -3.87. The van der Waals surface area contributed by atoms with Gasteiger partial charge in [0.05, 0.1) is 0 Å². The number of carbonyl (C=O) groups excluding carboxylic acids is 1. The number of rotatable bonds is 5. The second kappa shape index (κ2) is 7.94. The fraction of sp³-hybridized carbons (Fsp3) is 0.562. The molecule has 1 aliphatic heterocycles. The average Bonchev–Trinajstić information content (AvgIpc) is 2.59. The zero-order valence-corrected chi connectivity index (χ0v) is 14.9. The molecular weight excluding hydrogens is 333 g/mol. The predicted molar refractivity (Wildman–Crippen MR) is 89.6 cm³/mol. The molecule has 1 N–H and O–H groups in total. The Morgan fingerprint density at radius 2 is 1.75 bits per heavy atom. The molecule has 1 saturated heterocycles. The van der Waals surface area contributed by atoms with Gasteiger partial charge in [0.15, 0.2) is 0 Å². The number of hydrogen-bond donors (Lipinski definition) is 1. The van der Waals surface area contributed by atoms with Crippen LogP contribution < -0.4 is 5.32 Å². The Morgan fingerprint density at radius 3 is 2.29 bits per heavy atom. The van der Waals surface area contributed by atoms with Gasteiger partial charge in [0.25, 0.3) is 0 Å². The summed E-state index contributed by atoms with van der Waals surface area (Å²) in [5.41, 5.74) is 0. The highest BCUT2D eigenvalue weighted by atomic mass is 32.2. The molecule has 0 unspecified atom stereocenters. The monoisotopic (exact) mass is 357 g/mol. The van der Waals surface area contributed by atoms with Crippen LogP contribution in [0, 0.1) is 5.82 Å². The molecule has 2 rings (SSSR count). The largest absolute Gasteiger partial charge is 0.335 e. The second-order valence-electron chi connectivity index (χ2n) is 5.78. The number of hydrogen-bond acceptors (Lipinski definition) is 3. The maximum Gasteiger partial charge on any atom is 0.317 e. The fourth-order valence-electron chi connectivity index (χ4n) is 2.68. The molecular formula is C16H24FN3O3S. The van der Waals surface area contributed by atoms with Crippen LogP contribution in [0.25, 0.3) is 0 Å². The van der Waals surface area contributed by atoms with E-state index in [2.05, 4.69) is 5.32 Å². The summed E-state index contributed by atoms with van der Waals surface area (Å²) in [6, 6.07) is 5.29. The number of sulfonamides is 1. The number of nitrogens with zero attached hydrogens (tertiary/aromatic N) is 2. The lowest BCUT2D eigenvalue weighted by molar-refractivity contribution is 0.168. The number of piperazine rings is 1. The van der Waals surface area contributed by atoms with Gasteiger partial charge in [-0.05, 0) is 25.0 Å². The third-order valence-electron chi connectivity index (χ3n) is 4.29. The zero-order valence-electron chi connectivity index (χ0n) is 14.0. The molecule has 1 heterocycles. The Labute approximate surface area is 142 Å². The smallest absolute Gasteiger partial charge is 0.317 e. The van der Waals surface area contributed by atoms with Crippen LogP contribution in [0.2, 0.25) is 0 Å². The standard InChI is InChI=1S/C16H24FN3O3S/c1-3-13(4-2)18-16(21)19-9-11-20(12-10-19)24(22,23)15-8-6-5-7-14(15)17/h5-8,13H,3-4,9-12H2,1-2H3,(H,18,21). The topological polar surface area (TPSA) is 69.7 Å². The molecule has 1 aromatic carbocycles. The van der Waals surface area contributed by atoms with Crippen LogP contribution in [0.15, 0.2) is 29.2 Å². The van der Waals surface area contributed by atoms with Crippen molar-refractivity contribution in [3.8, 4) is 0 Å². The molecule has 24 heavy (non-hydrogen) atoms. The molecule has 1 aliphatic rings. The summed E-state index contributed by atoms with van der Waals surface area (Å²) < 4.78 is 40.1. The van der Waals surface area contributed by atoms with E-state index in [4.69, 9.17) is 0 Å². The van der Waals surface area contributed by atoms with Crippen molar-refractivity contribution in [1.82, 2.24) is 14.5 Å². The van der Waals surface area contributed by atoms with Gasteiger partial charge in [-0.15, -0.1) is 0 Å². The van der Waals surface area contributed by atoms with E-state index < -0.39 is 15.8 Å². The Kier molecular flexibility index (Phi) is 6.17. The molecule has 0 spiro atoms. The van der Waals surface area contributed by atoms with Crippen LogP contribution >= 0.6 is 0 Å². The summed E-state index contributed by atoms with van der Waals surface area (Å²) in [4.78, 5) is 13.5. The van der Waals surface area contributed by atoms with E-state index in [1.165, 1.54) is 22.5 Å². The van der Waals surface area contributed by atoms with Crippen LogP contribution in [0.3, 0.4) is 0 Å². The SMILES string of the molecule is CCC(CC)NC(=O)N1CCN(S(=O)(=O)c2ccccc2F)CC1. The summed E-state index contributed by atoms with van der Waals surface area (Å²) in [5.74, 6) is -0.758. The molecule has 0 atom stereocenters. The Balaban J connectivity index is 2.00. The minimum atomic E-state index is -3.87. The van der Waals surface area contributed by atoms with Crippen molar-refractivity contribution in [3.63, 3.8) is 0 Å². The molecule has 8 heteroatoms. The van der Waals surface area contributed by atoms with Gasteiger partial charge in [-0.2, -0.15) is 4.31 Å². The predicted octanol–water partition coefficient (Wildman–Crippen LogP) is 2.03. The van der Waals surface area contributed by atoms with Gasteiger partial charge in [0, 0.05) is 32.2 Å². The van der Waals surface area contributed by atoms with E-state index in [0.29, 0.717) is 13.1 Å². The van der Waals surface area contributed by atoms with Crippen molar-refractivity contribution in [3.05, 3.63) is 30.1 Å². The molecule has 134 valence electrons. The van der Waals surface area contributed by atoms with Crippen LogP contribution in [-0.2, 0) is 10.0 Å². The number of carbonyl (C=O) groups is 1. The molecule has 0 aliphatic carbocycles. The fourth-order valence-corrected chi connectivity index (χ4v) is 4.17. The van der Waals surface area contributed by atoms with Gasteiger partial charge < -0.3 is 10.2 Å². The number of urea groups is 1. The Hall–Kier alpha value is -1.67. The van der Waals surface area contributed by atoms with Crippen molar-refractivity contribution in [2.45, 2.75) is 37.6 Å². The molecule has 0 aromatic heterocycles. The lowest BCUT2D eigenvalue weighted by Crippen LogP contribution is -2.54. The highest BCUT2D eigenvalue weighted by molar-refractivity contribution is 7.89. The van der Waals surface area contributed by atoms with Crippen molar-refractivity contribution in [2.24, 2.45) is 0 Å². The average molecular weight is 357 g/mol. The van der Waals surface area contributed by atoms with E-state index in [0.717, 1.165) is 18.9 Å². The van der Waals surface area contributed by atoms with E-state index >= 15 is 0 Å². The summed E-state index contributed by atoms with van der Waals surface area (Å²) >= 11 is 0. The first-order valence-electron chi connectivity index (χ1n) is 8.20. The second-order valence-corrected chi connectivity index (χ2v) is 7.69. The van der Waals surface area contributed by atoms with Crippen molar-refractivity contribution in [2.75, 3.05) is 26.2 Å². The summed E-state index contributed by atoms with van der Waals surface area (Å²) in [6.45, 7) is 4.92. The minimum Gasteiger partial charge on any atom is -0.335 e. The van der Waals surface area contributed by atoms with Gasteiger partial charge in [0.2, 0.25) is 10.0 Å². The first-order valence-corrected chi connectivity index (χ1v) is 9.64. The first kappa shape index (κ1) is 18.7. The Bertz CT molecular complexity index is 669. The third kappa shape index (κ3) is 4.05. The zero-order chi connectivity index (χ0) is 17.7. The van der Waals surface area contributed by atoms with E-state index in [-0.39, 0.29) is 30.1 Å². The highest BCUT2D eigenvalue weighted by Gasteiger charge is 2.31.